The topological polar surface area (TPSA) is 64.7 Å². The Morgan fingerprint density at radius 1 is 0.793 bits per heavy atom. The van der Waals surface area contributed by atoms with Crippen LogP contribution in [0, 0.1) is 5.92 Å². The summed E-state index contributed by atoms with van der Waals surface area (Å²) < 4.78 is 0. The van der Waals surface area contributed by atoms with Gasteiger partial charge in [-0.25, -0.2) is 4.79 Å². The first kappa shape index (κ1) is 20.0. The SMILES string of the molecule is O=C(Nc1ccc(N2CCCC2)cc1)C1CCN(C(=O)NC2CCCCC2)CC1. The number of hydrogen-bond acceptors (Lipinski definition) is 3. The van der Waals surface area contributed by atoms with Crippen molar-refractivity contribution in [1.29, 1.82) is 0 Å². The van der Waals surface area contributed by atoms with Crippen molar-refractivity contribution in [2.45, 2.75) is 63.8 Å². The quantitative estimate of drug-likeness (QED) is 0.806. The van der Waals surface area contributed by atoms with E-state index in [1.165, 1.54) is 37.8 Å². The van der Waals surface area contributed by atoms with E-state index >= 15 is 0 Å². The minimum absolute atomic E-state index is 0.0213. The number of benzene rings is 1. The van der Waals surface area contributed by atoms with Crippen molar-refractivity contribution in [2.24, 2.45) is 5.92 Å². The molecule has 2 N–H and O–H groups in total. The van der Waals surface area contributed by atoms with E-state index in [1.807, 2.05) is 17.0 Å². The zero-order chi connectivity index (χ0) is 20.1. The van der Waals surface area contributed by atoms with Crippen LogP contribution in [0.25, 0.3) is 0 Å². The second-order valence-corrected chi connectivity index (χ2v) is 8.78. The van der Waals surface area contributed by atoms with Crippen LogP contribution in [0.3, 0.4) is 0 Å². The first-order valence-electron chi connectivity index (χ1n) is 11.4. The van der Waals surface area contributed by atoms with E-state index in [-0.39, 0.29) is 17.9 Å². The molecular weight excluding hydrogens is 364 g/mol. The number of piperidine rings is 1. The van der Waals surface area contributed by atoms with E-state index in [1.54, 1.807) is 0 Å². The van der Waals surface area contributed by atoms with E-state index in [0.29, 0.717) is 19.1 Å². The molecule has 3 aliphatic rings. The minimum atomic E-state index is -0.0213. The summed E-state index contributed by atoms with van der Waals surface area (Å²) in [5, 5.41) is 6.25. The molecule has 2 heterocycles. The second-order valence-electron chi connectivity index (χ2n) is 8.78. The van der Waals surface area contributed by atoms with Crippen LogP contribution in [0.15, 0.2) is 24.3 Å². The number of carbonyl (C=O) groups is 2. The zero-order valence-corrected chi connectivity index (χ0v) is 17.4. The van der Waals surface area contributed by atoms with Crippen LogP contribution < -0.4 is 15.5 Å². The van der Waals surface area contributed by atoms with Crippen molar-refractivity contribution < 1.29 is 9.59 Å². The fourth-order valence-corrected chi connectivity index (χ4v) is 4.83. The highest BCUT2D eigenvalue weighted by Crippen LogP contribution is 2.24. The van der Waals surface area contributed by atoms with Gasteiger partial charge in [0.2, 0.25) is 5.91 Å². The summed E-state index contributed by atoms with van der Waals surface area (Å²) in [5.41, 5.74) is 2.09. The van der Waals surface area contributed by atoms with E-state index < -0.39 is 0 Å². The Hall–Kier alpha value is -2.24. The van der Waals surface area contributed by atoms with Crippen molar-refractivity contribution in [2.75, 3.05) is 36.4 Å². The van der Waals surface area contributed by atoms with Crippen molar-refractivity contribution in [3.8, 4) is 0 Å². The lowest BCUT2D eigenvalue weighted by molar-refractivity contribution is -0.121. The highest BCUT2D eigenvalue weighted by atomic mass is 16.2. The summed E-state index contributed by atoms with van der Waals surface area (Å²) in [7, 11) is 0. The summed E-state index contributed by atoms with van der Waals surface area (Å²) in [4.78, 5) is 29.4. The number of hydrogen-bond donors (Lipinski definition) is 2. The minimum Gasteiger partial charge on any atom is -0.372 e. The Labute approximate surface area is 174 Å². The van der Waals surface area contributed by atoms with E-state index in [9.17, 15) is 9.59 Å². The smallest absolute Gasteiger partial charge is 0.317 e. The highest BCUT2D eigenvalue weighted by Gasteiger charge is 2.28. The molecule has 0 atom stereocenters. The molecule has 3 amide bonds. The van der Waals surface area contributed by atoms with Gasteiger partial charge in [-0.15, -0.1) is 0 Å². The van der Waals surface area contributed by atoms with Crippen LogP contribution in [0.2, 0.25) is 0 Å². The molecule has 29 heavy (non-hydrogen) atoms. The predicted octanol–water partition coefficient (Wildman–Crippen LogP) is 3.98. The van der Waals surface area contributed by atoms with Crippen LogP contribution in [-0.2, 0) is 4.79 Å². The van der Waals surface area contributed by atoms with Gasteiger partial charge >= 0.3 is 6.03 Å². The van der Waals surface area contributed by atoms with Gasteiger partial charge in [0, 0.05) is 49.5 Å². The molecule has 1 aromatic rings. The third-order valence-electron chi connectivity index (χ3n) is 6.69. The molecule has 2 aliphatic heterocycles. The van der Waals surface area contributed by atoms with Crippen LogP contribution >= 0.6 is 0 Å². The monoisotopic (exact) mass is 398 g/mol. The lowest BCUT2D eigenvalue weighted by atomic mass is 9.95. The average molecular weight is 399 g/mol. The van der Waals surface area contributed by atoms with E-state index in [4.69, 9.17) is 0 Å². The Kier molecular flexibility index (Phi) is 6.57. The summed E-state index contributed by atoms with van der Waals surface area (Å²) >= 11 is 0. The number of rotatable bonds is 4. The molecule has 0 aromatic heterocycles. The van der Waals surface area contributed by atoms with Crippen LogP contribution in [0.1, 0.15) is 57.8 Å². The van der Waals surface area contributed by atoms with Gasteiger partial charge in [0.25, 0.3) is 0 Å². The third-order valence-corrected chi connectivity index (χ3v) is 6.69. The molecular formula is C23H34N4O2. The van der Waals surface area contributed by atoms with E-state index in [2.05, 4.69) is 27.7 Å². The highest BCUT2D eigenvalue weighted by molar-refractivity contribution is 5.93. The standard InChI is InChI=1S/C23H34N4O2/c28-22(24-20-8-10-21(11-9-20)26-14-4-5-15-26)18-12-16-27(17-13-18)23(29)25-19-6-2-1-3-7-19/h8-11,18-19H,1-7,12-17H2,(H,24,28)(H,25,29). The van der Waals surface area contributed by atoms with Crippen molar-refractivity contribution in [3.05, 3.63) is 24.3 Å². The van der Waals surface area contributed by atoms with Crippen LogP contribution in [0.5, 0.6) is 0 Å². The number of likely N-dealkylation sites (tertiary alicyclic amines) is 1. The molecule has 158 valence electrons. The van der Waals surface area contributed by atoms with Gasteiger partial charge < -0.3 is 20.4 Å². The summed E-state index contributed by atoms with van der Waals surface area (Å²) in [6, 6.07) is 8.57. The molecule has 4 rings (SSSR count). The number of anilines is 2. The fraction of sp³-hybridized carbons (Fsp3) is 0.652. The Morgan fingerprint density at radius 2 is 1.45 bits per heavy atom. The van der Waals surface area contributed by atoms with Crippen molar-refractivity contribution in [3.63, 3.8) is 0 Å². The molecule has 1 aromatic carbocycles. The van der Waals surface area contributed by atoms with E-state index in [0.717, 1.165) is 44.5 Å². The zero-order valence-electron chi connectivity index (χ0n) is 17.4. The van der Waals surface area contributed by atoms with Gasteiger partial charge in [0.15, 0.2) is 0 Å². The van der Waals surface area contributed by atoms with Crippen molar-refractivity contribution >= 4 is 23.3 Å². The van der Waals surface area contributed by atoms with Gasteiger partial charge in [0.1, 0.15) is 0 Å². The second kappa shape index (κ2) is 9.51. The molecule has 0 spiro atoms. The molecule has 1 saturated carbocycles. The molecule has 3 fully saturated rings. The number of carbonyl (C=O) groups excluding carboxylic acids is 2. The number of amides is 3. The number of urea groups is 1. The van der Waals surface area contributed by atoms with Gasteiger partial charge in [-0.3, -0.25) is 4.79 Å². The lowest BCUT2D eigenvalue weighted by Gasteiger charge is -2.33. The maximum Gasteiger partial charge on any atom is 0.317 e. The molecule has 0 bridgehead atoms. The van der Waals surface area contributed by atoms with Crippen molar-refractivity contribution in [1.82, 2.24) is 10.2 Å². The molecule has 0 radical (unpaired) electrons. The predicted molar refractivity (Wildman–Crippen MR) is 116 cm³/mol. The maximum atomic E-state index is 12.7. The molecule has 0 unspecified atom stereocenters. The normalized spacial score (nSPS) is 21.2. The first-order valence-corrected chi connectivity index (χ1v) is 11.4. The summed E-state index contributed by atoms with van der Waals surface area (Å²) in [6.07, 6.45) is 9.89. The molecule has 1 aliphatic carbocycles. The molecule has 2 saturated heterocycles. The Balaban J connectivity index is 1.22. The Bertz CT molecular complexity index is 685. The number of nitrogens with zero attached hydrogens (tertiary/aromatic N) is 2. The van der Waals surface area contributed by atoms with Crippen LogP contribution in [0.4, 0.5) is 16.2 Å². The number of nitrogens with one attached hydrogen (secondary N) is 2. The molecule has 6 heteroatoms. The van der Waals surface area contributed by atoms with Crippen LogP contribution in [-0.4, -0.2) is 49.1 Å². The molecule has 6 nitrogen and oxygen atoms in total. The first-order chi connectivity index (χ1) is 14.2. The van der Waals surface area contributed by atoms with Gasteiger partial charge in [-0.05, 0) is 62.8 Å². The Morgan fingerprint density at radius 3 is 2.10 bits per heavy atom. The van der Waals surface area contributed by atoms with Gasteiger partial charge in [-0.2, -0.15) is 0 Å². The van der Waals surface area contributed by atoms with Gasteiger partial charge in [0.05, 0.1) is 0 Å². The lowest BCUT2D eigenvalue weighted by Crippen LogP contribution is -2.49. The fourth-order valence-electron chi connectivity index (χ4n) is 4.83. The summed E-state index contributed by atoms with van der Waals surface area (Å²) in [6.45, 7) is 3.56. The average Bonchev–Trinajstić information content (AvgIpc) is 3.30. The van der Waals surface area contributed by atoms with Gasteiger partial charge in [-0.1, -0.05) is 19.3 Å². The maximum absolute atomic E-state index is 12.7. The third kappa shape index (κ3) is 5.22. The summed E-state index contributed by atoms with van der Waals surface area (Å²) in [5.74, 6) is 0.0539. The largest absolute Gasteiger partial charge is 0.372 e.